The molecule has 3 aromatic rings. The molecule has 2 aromatic heterocycles. The van der Waals surface area contributed by atoms with Crippen LogP contribution >= 0.6 is 0 Å². The molecule has 0 radical (unpaired) electrons. The summed E-state index contributed by atoms with van der Waals surface area (Å²) in [4.78, 5) is 16.4. The number of aromatic nitrogens is 1. The predicted molar refractivity (Wildman–Crippen MR) is 96.1 cm³/mol. The van der Waals surface area contributed by atoms with Crippen LogP contribution in [0.25, 0.3) is 0 Å². The molecule has 0 atom stereocenters. The minimum Gasteiger partial charge on any atom is -0.490 e. The van der Waals surface area contributed by atoms with Crippen LogP contribution in [0.3, 0.4) is 0 Å². The number of carbonyl (C=O) groups excluding carboxylic acids is 1. The van der Waals surface area contributed by atoms with Crippen LogP contribution in [0.2, 0.25) is 0 Å². The first-order valence-electron chi connectivity index (χ1n) is 8.34. The second kappa shape index (κ2) is 8.71. The Morgan fingerprint density at radius 3 is 2.81 bits per heavy atom. The van der Waals surface area contributed by atoms with E-state index in [1.807, 2.05) is 19.1 Å². The van der Waals surface area contributed by atoms with Gasteiger partial charge in [0.2, 0.25) is 0 Å². The molecule has 134 valence electrons. The first-order chi connectivity index (χ1) is 12.8. The third-order valence-electron chi connectivity index (χ3n) is 3.66. The number of furan rings is 1. The van der Waals surface area contributed by atoms with Crippen molar-refractivity contribution in [3.8, 4) is 11.5 Å². The number of carbonyl (C=O) groups is 1. The smallest absolute Gasteiger partial charge is 0.251 e. The maximum atomic E-state index is 12.3. The van der Waals surface area contributed by atoms with Crippen LogP contribution in [-0.4, -0.2) is 17.5 Å². The number of ether oxygens (including phenoxy) is 2. The highest BCUT2D eigenvalue weighted by atomic mass is 16.5. The molecule has 0 saturated carbocycles. The summed E-state index contributed by atoms with van der Waals surface area (Å²) >= 11 is 0. The summed E-state index contributed by atoms with van der Waals surface area (Å²) in [5.74, 6) is 0.931. The Kier molecular flexibility index (Phi) is 5.88. The summed E-state index contributed by atoms with van der Waals surface area (Å²) < 4.78 is 16.4. The number of benzene rings is 1. The van der Waals surface area contributed by atoms with E-state index in [4.69, 9.17) is 13.9 Å². The third-order valence-corrected chi connectivity index (χ3v) is 3.66. The number of pyridine rings is 1. The number of rotatable bonds is 8. The average Bonchev–Trinajstić information content (AvgIpc) is 3.20. The highest BCUT2D eigenvalue weighted by Crippen LogP contribution is 2.29. The maximum absolute atomic E-state index is 12.3. The summed E-state index contributed by atoms with van der Waals surface area (Å²) in [6, 6.07) is 10.7. The van der Waals surface area contributed by atoms with E-state index in [1.165, 1.54) is 0 Å². The van der Waals surface area contributed by atoms with E-state index in [0.717, 1.165) is 11.1 Å². The second-order valence-electron chi connectivity index (χ2n) is 5.56. The van der Waals surface area contributed by atoms with Gasteiger partial charge in [-0.05, 0) is 37.3 Å². The van der Waals surface area contributed by atoms with Crippen LogP contribution < -0.4 is 14.8 Å². The van der Waals surface area contributed by atoms with Gasteiger partial charge in [0.25, 0.3) is 5.91 Å². The molecule has 6 nitrogen and oxygen atoms in total. The van der Waals surface area contributed by atoms with E-state index in [0.29, 0.717) is 36.8 Å². The van der Waals surface area contributed by atoms with Crippen LogP contribution in [0.4, 0.5) is 0 Å². The largest absolute Gasteiger partial charge is 0.490 e. The van der Waals surface area contributed by atoms with Gasteiger partial charge in [-0.25, -0.2) is 0 Å². The summed E-state index contributed by atoms with van der Waals surface area (Å²) in [6.45, 7) is 3.14. The molecule has 0 spiro atoms. The van der Waals surface area contributed by atoms with Gasteiger partial charge >= 0.3 is 0 Å². The molecule has 2 heterocycles. The first-order valence-corrected chi connectivity index (χ1v) is 8.34. The minimum absolute atomic E-state index is 0.189. The van der Waals surface area contributed by atoms with E-state index in [1.54, 1.807) is 49.2 Å². The van der Waals surface area contributed by atoms with Crippen molar-refractivity contribution in [2.75, 3.05) is 6.61 Å². The van der Waals surface area contributed by atoms with Gasteiger partial charge in [-0.2, -0.15) is 0 Å². The molecule has 0 aliphatic carbocycles. The second-order valence-corrected chi connectivity index (χ2v) is 5.56. The topological polar surface area (TPSA) is 73.6 Å². The molecule has 0 bridgehead atoms. The van der Waals surface area contributed by atoms with Gasteiger partial charge < -0.3 is 19.2 Å². The highest BCUT2D eigenvalue weighted by Gasteiger charge is 2.12. The van der Waals surface area contributed by atoms with Gasteiger partial charge in [-0.15, -0.1) is 0 Å². The van der Waals surface area contributed by atoms with E-state index in [-0.39, 0.29) is 5.91 Å². The van der Waals surface area contributed by atoms with Crippen molar-refractivity contribution in [2.45, 2.75) is 20.1 Å². The van der Waals surface area contributed by atoms with Crippen molar-refractivity contribution < 1.29 is 18.7 Å². The Morgan fingerprint density at radius 1 is 1.15 bits per heavy atom. The number of amides is 1. The molecule has 6 heteroatoms. The van der Waals surface area contributed by atoms with Crippen molar-refractivity contribution in [1.29, 1.82) is 0 Å². The van der Waals surface area contributed by atoms with Crippen molar-refractivity contribution in [2.24, 2.45) is 0 Å². The first kappa shape index (κ1) is 17.5. The number of nitrogens with one attached hydrogen (secondary N) is 1. The monoisotopic (exact) mass is 352 g/mol. The normalized spacial score (nSPS) is 10.3. The fourth-order valence-corrected chi connectivity index (χ4v) is 2.36. The van der Waals surface area contributed by atoms with Crippen LogP contribution in [0.1, 0.15) is 28.4 Å². The highest BCUT2D eigenvalue weighted by molar-refractivity contribution is 5.94. The Hall–Kier alpha value is -3.28. The lowest BCUT2D eigenvalue weighted by atomic mass is 10.2. The van der Waals surface area contributed by atoms with E-state index < -0.39 is 0 Å². The van der Waals surface area contributed by atoms with Gasteiger partial charge in [0, 0.05) is 35.6 Å². The van der Waals surface area contributed by atoms with Gasteiger partial charge in [-0.1, -0.05) is 6.07 Å². The zero-order valence-corrected chi connectivity index (χ0v) is 14.5. The van der Waals surface area contributed by atoms with E-state index in [2.05, 4.69) is 10.3 Å². The molecule has 0 aliphatic heterocycles. The Bertz CT molecular complexity index is 832. The Balaban J connectivity index is 1.68. The Labute approximate surface area is 151 Å². The molecular formula is C20H20N2O4. The molecule has 26 heavy (non-hydrogen) atoms. The molecule has 0 fully saturated rings. The van der Waals surface area contributed by atoms with E-state index >= 15 is 0 Å². The lowest BCUT2D eigenvalue weighted by Gasteiger charge is -2.13. The molecule has 0 aliphatic rings. The molecule has 0 unspecified atom stereocenters. The van der Waals surface area contributed by atoms with Crippen LogP contribution in [0.5, 0.6) is 11.5 Å². The number of hydrogen-bond donors (Lipinski definition) is 1. The summed E-state index contributed by atoms with van der Waals surface area (Å²) in [5, 5.41) is 2.84. The summed E-state index contributed by atoms with van der Waals surface area (Å²) in [6.07, 6.45) is 6.63. The Morgan fingerprint density at radius 2 is 2.08 bits per heavy atom. The van der Waals surface area contributed by atoms with E-state index in [9.17, 15) is 4.79 Å². The van der Waals surface area contributed by atoms with Crippen molar-refractivity contribution >= 4 is 5.91 Å². The lowest BCUT2D eigenvalue weighted by molar-refractivity contribution is 0.0950. The van der Waals surface area contributed by atoms with Gasteiger partial charge in [0.1, 0.15) is 6.61 Å². The average molecular weight is 352 g/mol. The van der Waals surface area contributed by atoms with Crippen LogP contribution in [0.15, 0.2) is 65.7 Å². The van der Waals surface area contributed by atoms with Crippen molar-refractivity contribution in [3.63, 3.8) is 0 Å². The van der Waals surface area contributed by atoms with Gasteiger partial charge in [-0.3, -0.25) is 9.78 Å². The fraction of sp³-hybridized carbons (Fsp3) is 0.200. The maximum Gasteiger partial charge on any atom is 0.251 e. The van der Waals surface area contributed by atoms with Gasteiger partial charge in [0.15, 0.2) is 11.5 Å². The predicted octanol–water partition coefficient (Wildman–Crippen LogP) is 3.58. The molecule has 1 N–H and O–H groups in total. The SMILES string of the molecule is CCOc1cc(C(=O)NCc2ccoc2)ccc1OCc1cccnc1. The minimum atomic E-state index is -0.189. The third kappa shape index (κ3) is 4.63. The van der Waals surface area contributed by atoms with Crippen LogP contribution in [-0.2, 0) is 13.2 Å². The molecule has 1 aromatic carbocycles. The van der Waals surface area contributed by atoms with Crippen molar-refractivity contribution in [3.05, 3.63) is 78.0 Å². The standard InChI is InChI=1S/C20H20N2O4/c1-2-25-19-10-17(20(23)22-12-16-7-9-24-13-16)5-6-18(19)26-14-15-4-3-8-21-11-15/h3-11,13H,2,12,14H2,1H3,(H,22,23). The van der Waals surface area contributed by atoms with Crippen LogP contribution in [0, 0.1) is 0 Å². The quantitative estimate of drug-likeness (QED) is 0.671. The summed E-state index contributed by atoms with van der Waals surface area (Å²) in [7, 11) is 0. The molecule has 3 rings (SSSR count). The zero-order chi connectivity index (χ0) is 18.2. The zero-order valence-electron chi connectivity index (χ0n) is 14.5. The lowest BCUT2D eigenvalue weighted by Crippen LogP contribution is -2.22. The fourth-order valence-electron chi connectivity index (χ4n) is 2.36. The molecule has 1 amide bonds. The van der Waals surface area contributed by atoms with Crippen molar-refractivity contribution in [1.82, 2.24) is 10.3 Å². The molecule has 0 saturated heterocycles. The summed E-state index contributed by atoms with van der Waals surface area (Å²) in [5.41, 5.74) is 2.36. The molecular weight excluding hydrogens is 332 g/mol. The van der Waals surface area contributed by atoms with Gasteiger partial charge in [0.05, 0.1) is 19.1 Å². The number of nitrogens with zero attached hydrogens (tertiary/aromatic N) is 1. The number of hydrogen-bond acceptors (Lipinski definition) is 5.